The van der Waals surface area contributed by atoms with Crippen molar-refractivity contribution in [2.24, 2.45) is 0 Å². The molecule has 1 aliphatic rings. The van der Waals surface area contributed by atoms with Gasteiger partial charge in [-0.25, -0.2) is 9.97 Å². The Kier molecular flexibility index (Phi) is 4.80. The third kappa shape index (κ3) is 3.59. The van der Waals surface area contributed by atoms with Crippen LogP contribution in [0.3, 0.4) is 0 Å². The minimum Gasteiger partial charge on any atom is -0.489 e. The standard InChI is InChI=1S/C21H20N4O3/c1-14-11-25(21(26)18-19(22)23-13-24-20(18)28-14)16-7-9-17(10-8-16)27-12-15-5-3-2-4-6-15/h2-10,13-14H,11-12H2,1H3,(H2,22,23,24)/t14-/m1/s1. The maximum atomic E-state index is 13.1. The lowest BCUT2D eigenvalue weighted by Gasteiger charge is -2.22. The average Bonchev–Trinajstić information content (AvgIpc) is 2.84. The van der Waals surface area contributed by atoms with Gasteiger partial charge in [0.05, 0.1) is 6.54 Å². The summed E-state index contributed by atoms with van der Waals surface area (Å²) in [4.78, 5) is 22.7. The second-order valence-corrected chi connectivity index (χ2v) is 6.55. The van der Waals surface area contributed by atoms with Gasteiger partial charge in [0.2, 0.25) is 5.88 Å². The largest absolute Gasteiger partial charge is 0.489 e. The van der Waals surface area contributed by atoms with Gasteiger partial charge >= 0.3 is 0 Å². The van der Waals surface area contributed by atoms with Crippen molar-refractivity contribution in [1.82, 2.24) is 9.97 Å². The lowest BCUT2D eigenvalue weighted by atomic mass is 10.2. The van der Waals surface area contributed by atoms with E-state index in [0.717, 1.165) is 17.0 Å². The fourth-order valence-corrected chi connectivity index (χ4v) is 3.06. The Labute approximate surface area is 162 Å². The van der Waals surface area contributed by atoms with Crippen LogP contribution in [0.1, 0.15) is 22.8 Å². The van der Waals surface area contributed by atoms with Gasteiger partial charge in [0.15, 0.2) is 0 Å². The van der Waals surface area contributed by atoms with Crippen LogP contribution in [0.15, 0.2) is 60.9 Å². The van der Waals surface area contributed by atoms with Gasteiger partial charge in [-0.1, -0.05) is 30.3 Å². The number of nitrogens with zero attached hydrogens (tertiary/aromatic N) is 3. The Hall–Kier alpha value is -3.61. The maximum absolute atomic E-state index is 13.1. The van der Waals surface area contributed by atoms with E-state index < -0.39 is 0 Å². The molecule has 0 saturated carbocycles. The number of carbonyl (C=O) groups excluding carboxylic acids is 1. The molecule has 0 fully saturated rings. The van der Waals surface area contributed by atoms with Crippen molar-refractivity contribution in [3.63, 3.8) is 0 Å². The zero-order chi connectivity index (χ0) is 19.5. The lowest BCUT2D eigenvalue weighted by molar-refractivity contribution is 0.0988. The zero-order valence-electron chi connectivity index (χ0n) is 15.4. The summed E-state index contributed by atoms with van der Waals surface area (Å²) >= 11 is 0. The average molecular weight is 376 g/mol. The van der Waals surface area contributed by atoms with E-state index in [2.05, 4.69) is 9.97 Å². The first-order valence-electron chi connectivity index (χ1n) is 8.97. The first kappa shape index (κ1) is 17.8. The van der Waals surface area contributed by atoms with Gasteiger partial charge in [-0.05, 0) is 36.8 Å². The highest BCUT2D eigenvalue weighted by atomic mass is 16.5. The molecule has 142 valence electrons. The number of rotatable bonds is 4. The van der Waals surface area contributed by atoms with Crippen LogP contribution in [0.25, 0.3) is 0 Å². The van der Waals surface area contributed by atoms with E-state index in [9.17, 15) is 4.79 Å². The summed E-state index contributed by atoms with van der Waals surface area (Å²) < 4.78 is 11.6. The van der Waals surface area contributed by atoms with Gasteiger partial charge in [0.25, 0.3) is 5.91 Å². The molecule has 1 atom stereocenters. The number of fused-ring (bicyclic) bond motifs is 1. The molecular formula is C21H20N4O3. The summed E-state index contributed by atoms with van der Waals surface area (Å²) in [5.74, 6) is 0.769. The number of amides is 1. The van der Waals surface area contributed by atoms with Crippen LogP contribution >= 0.6 is 0 Å². The fraction of sp³-hybridized carbons (Fsp3) is 0.190. The van der Waals surface area contributed by atoms with E-state index in [1.807, 2.05) is 61.5 Å². The van der Waals surface area contributed by atoms with Crippen molar-refractivity contribution in [3.05, 3.63) is 72.1 Å². The Morgan fingerprint density at radius 3 is 2.64 bits per heavy atom. The summed E-state index contributed by atoms with van der Waals surface area (Å²) in [6.45, 7) is 2.73. The number of carbonyl (C=O) groups is 1. The molecule has 4 rings (SSSR count). The van der Waals surface area contributed by atoms with Gasteiger partial charge in [-0.15, -0.1) is 0 Å². The number of benzene rings is 2. The predicted octanol–water partition coefficient (Wildman–Crippen LogP) is 3.07. The minimum atomic E-state index is -0.282. The Morgan fingerprint density at radius 1 is 1.14 bits per heavy atom. The summed E-state index contributed by atoms with van der Waals surface area (Å²) in [5, 5.41) is 0. The molecule has 1 amide bonds. The Bertz CT molecular complexity index is 977. The lowest BCUT2D eigenvalue weighted by Crippen LogP contribution is -2.36. The topological polar surface area (TPSA) is 90.6 Å². The third-order valence-corrected chi connectivity index (χ3v) is 4.45. The van der Waals surface area contributed by atoms with Crippen LogP contribution in [0.4, 0.5) is 11.5 Å². The van der Waals surface area contributed by atoms with E-state index in [1.165, 1.54) is 6.33 Å². The van der Waals surface area contributed by atoms with E-state index in [0.29, 0.717) is 13.2 Å². The second kappa shape index (κ2) is 7.56. The van der Waals surface area contributed by atoms with E-state index in [1.54, 1.807) is 4.90 Å². The van der Waals surface area contributed by atoms with Crippen molar-refractivity contribution in [1.29, 1.82) is 0 Å². The highest BCUT2D eigenvalue weighted by Gasteiger charge is 2.31. The van der Waals surface area contributed by atoms with E-state index >= 15 is 0 Å². The third-order valence-electron chi connectivity index (χ3n) is 4.45. The number of ether oxygens (including phenoxy) is 2. The molecule has 3 aromatic rings. The number of hydrogen-bond acceptors (Lipinski definition) is 6. The zero-order valence-corrected chi connectivity index (χ0v) is 15.4. The van der Waals surface area contributed by atoms with Gasteiger partial charge in [-0.2, -0.15) is 0 Å². The summed E-state index contributed by atoms with van der Waals surface area (Å²) in [5.41, 5.74) is 7.91. The predicted molar refractivity (Wildman–Crippen MR) is 105 cm³/mol. The second-order valence-electron chi connectivity index (χ2n) is 6.55. The molecule has 1 aromatic heterocycles. The fourth-order valence-electron chi connectivity index (χ4n) is 3.06. The molecule has 2 N–H and O–H groups in total. The molecule has 1 aliphatic heterocycles. The minimum absolute atomic E-state index is 0.108. The molecule has 0 aliphatic carbocycles. The normalized spacial score (nSPS) is 16.1. The quantitative estimate of drug-likeness (QED) is 0.753. The van der Waals surface area contributed by atoms with E-state index in [4.69, 9.17) is 15.2 Å². The summed E-state index contributed by atoms with van der Waals surface area (Å²) in [7, 11) is 0. The molecule has 0 bridgehead atoms. The van der Waals surface area contributed by atoms with Gasteiger partial charge in [-0.3, -0.25) is 4.79 Å². The Morgan fingerprint density at radius 2 is 1.89 bits per heavy atom. The van der Waals surface area contributed by atoms with Gasteiger partial charge in [0, 0.05) is 5.69 Å². The molecule has 7 nitrogen and oxygen atoms in total. The van der Waals surface area contributed by atoms with E-state index in [-0.39, 0.29) is 29.3 Å². The van der Waals surface area contributed by atoms with Crippen LogP contribution in [0.5, 0.6) is 11.6 Å². The molecule has 0 radical (unpaired) electrons. The maximum Gasteiger partial charge on any atom is 0.267 e. The van der Waals surface area contributed by atoms with Crippen molar-refractivity contribution in [2.75, 3.05) is 17.2 Å². The summed E-state index contributed by atoms with van der Waals surface area (Å²) in [6, 6.07) is 17.3. The molecule has 2 heterocycles. The molecule has 0 unspecified atom stereocenters. The number of nitrogen functional groups attached to an aromatic ring is 1. The SMILES string of the molecule is C[C@@H]1CN(c2ccc(OCc3ccccc3)cc2)C(=O)c2c(N)ncnc2O1. The van der Waals surface area contributed by atoms with Crippen LogP contribution in [-0.4, -0.2) is 28.5 Å². The number of aromatic nitrogens is 2. The number of hydrogen-bond donors (Lipinski definition) is 1. The monoisotopic (exact) mass is 376 g/mol. The first-order valence-corrected chi connectivity index (χ1v) is 8.97. The molecule has 2 aromatic carbocycles. The first-order chi connectivity index (χ1) is 13.6. The van der Waals surface area contributed by atoms with Gasteiger partial charge in [0.1, 0.15) is 36.2 Å². The van der Waals surface area contributed by atoms with Crippen LogP contribution < -0.4 is 20.1 Å². The van der Waals surface area contributed by atoms with Crippen molar-refractivity contribution < 1.29 is 14.3 Å². The van der Waals surface area contributed by atoms with Crippen molar-refractivity contribution in [3.8, 4) is 11.6 Å². The molecule has 0 saturated heterocycles. The molecule has 0 spiro atoms. The number of nitrogens with two attached hydrogens (primary N) is 1. The van der Waals surface area contributed by atoms with Gasteiger partial charge < -0.3 is 20.1 Å². The van der Waals surface area contributed by atoms with Crippen molar-refractivity contribution in [2.45, 2.75) is 19.6 Å². The smallest absolute Gasteiger partial charge is 0.267 e. The molecule has 28 heavy (non-hydrogen) atoms. The molecule has 7 heteroatoms. The van der Waals surface area contributed by atoms with Crippen LogP contribution in [-0.2, 0) is 6.61 Å². The summed E-state index contributed by atoms with van der Waals surface area (Å²) in [6.07, 6.45) is 1.05. The van der Waals surface area contributed by atoms with Crippen LogP contribution in [0.2, 0.25) is 0 Å². The molecular weight excluding hydrogens is 356 g/mol. The van der Waals surface area contributed by atoms with Crippen molar-refractivity contribution >= 4 is 17.4 Å². The highest BCUT2D eigenvalue weighted by molar-refractivity contribution is 6.10. The highest BCUT2D eigenvalue weighted by Crippen LogP contribution is 2.30. The van der Waals surface area contributed by atoms with Crippen LogP contribution in [0, 0.1) is 0 Å². The number of anilines is 2. The Balaban J connectivity index is 1.55.